The predicted octanol–water partition coefficient (Wildman–Crippen LogP) is 3.66. The molecule has 2 aromatic rings. The Balaban J connectivity index is 2.22. The third-order valence-corrected chi connectivity index (χ3v) is 3.95. The lowest BCUT2D eigenvalue weighted by molar-refractivity contribution is -0.120. The van der Waals surface area contributed by atoms with E-state index in [0.717, 1.165) is 10.5 Å². The van der Waals surface area contributed by atoms with Crippen LogP contribution >= 0.6 is 11.8 Å². The van der Waals surface area contributed by atoms with Crippen LogP contribution in [0.4, 0.5) is 0 Å². The zero-order valence-corrected chi connectivity index (χ0v) is 11.7. The smallest absolute Gasteiger partial charge is 0.237 e. The van der Waals surface area contributed by atoms with Gasteiger partial charge in [-0.15, -0.1) is 11.8 Å². The van der Waals surface area contributed by atoms with Crippen molar-refractivity contribution in [2.75, 3.05) is 6.54 Å². The number of hydrogen-bond donors (Lipinski definition) is 1. The van der Waals surface area contributed by atoms with E-state index in [4.69, 9.17) is 0 Å². The summed E-state index contributed by atoms with van der Waals surface area (Å²) in [5, 5.41) is 2.70. The molecule has 1 unspecified atom stereocenters. The fraction of sp³-hybridized carbons (Fsp3) is 0.188. The monoisotopic (exact) mass is 271 g/mol. The molecule has 1 amide bonds. The summed E-state index contributed by atoms with van der Waals surface area (Å²) in [5.41, 5.74) is 1.03. The third-order valence-electron chi connectivity index (χ3n) is 2.69. The average molecular weight is 271 g/mol. The van der Waals surface area contributed by atoms with Crippen molar-refractivity contribution in [1.29, 1.82) is 0 Å². The topological polar surface area (TPSA) is 29.1 Å². The lowest BCUT2D eigenvalue weighted by atomic mass is 10.1. The molecule has 0 aromatic heterocycles. The van der Waals surface area contributed by atoms with E-state index in [-0.39, 0.29) is 11.2 Å². The lowest BCUT2D eigenvalue weighted by Gasteiger charge is -2.16. The lowest BCUT2D eigenvalue weighted by Crippen LogP contribution is -2.27. The van der Waals surface area contributed by atoms with Crippen molar-refractivity contribution in [2.45, 2.75) is 17.1 Å². The van der Waals surface area contributed by atoms with Gasteiger partial charge in [0.15, 0.2) is 0 Å². The van der Waals surface area contributed by atoms with Gasteiger partial charge in [-0.3, -0.25) is 4.79 Å². The molecule has 98 valence electrons. The van der Waals surface area contributed by atoms with E-state index in [1.807, 2.05) is 67.6 Å². The highest BCUT2D eigenvalue weighted by Crippen LogP contribution is 2.35. The summed E-state index contributed by atoms with van der Waals surface area (Å²) >= 11 is 1.58. The van der Waals surface area contributed by atoms with Gasteiger partial charge < -0.3 is 5.32 Å². The Kier molecular flexibility index (Phi) is 5.04. The van der Waals surface area contributed by atoms with Gasteiger partial charge in [-0.1, -0.05) is 48.5 Å². The van der Waals surface area contributed by atoms with Gasteiger partial charge in [-0.25, -0.2) is 0 Å². The van der Waals surface area contributed by atoms with Crippen molar-refractivity contribution in [3.05, 3.63) is 66.2 Å². The SMILES string of the molecule is CCNC(=O)C(Sc1ccccc1)c1ccccc1. The molecular weight excluding hydrogens is 254 g/mol. The summed E-state index contributed by atoms with van der Waals surface area (Å²) in [7, 11) is 0. The molecule has 0 spiro atoms. The molecule has 3 heteroatoms. The second kappa shape index (κ2) is 7.00. The first-order valence-corrected chi connectivity index (χ1v) is 7.23. The number of rotatable bonds is 5. The van der Waals surface area contributed by atoms with E-state index in [1.165, 1.54) is 0 Å². The molecule has 0 fully saturated rings. The van der Waals surface area contributed by atoms with Crippen molar-refractivity contribution < 1.29 is 4.79 Å². The van der Waals surface area contributed by atoms with E-state index in [9.17, 15) is 4.79 Å². The molecule has 1 atom stereocenters. The maximum atomic E-state index is 12.2. The fourth-order valence-corrected chi connectivity index (χ4v) is 2.87. The van der Waals surface area contributed by atoms with Gasteiger partial charge in [0.25, 0.3) is 0 Å². The van der Waals surface area contributed by atoms with Gasteiger partial charge in [-0.2, -0.15) is 0 Å². The van der Waals surface area contributed by atoms with E-state index in [0.29, 0.717) is 6.54 Å². The first kappa shape index (κ1) is 13.7. The number of carbonyl (C=O) groups excluding carboxylic acids is 1. The Morgan fingerprint density at radius 2 is 1.63 bits per heavy atom. The van der Waals surface area contributed by atoms with E-state index >= 15 is 0 Å². The molecule has 0 aliphatic carbocycles. The van der Waals surface area contributed by atoms with Gasteiger partial charge in [0, 0.05) is 11.4 Å². The van der Waals surface area contributed by atoms with Crippen LogP contribution in [0.3, 0.4) is 0 Å². The van der Waals surface area contributed by atoms with Crippen LogP contribution in [-0.2, 0) is 4.79 Å². The predicted molar refractivity (Wildman–Crippen MR) is 80.2 cm³/mol. The second-order valence-electron chi connectivity index (χ2n) is 4.12. The second-order valence-corrected chi connectivity index (χ2v) is 5.29. The van der Waals surface area contributed by atoms with Crippen molar-refractivity contribution in [3.8, 4) is 0 Å². The van der Waals surface area contributed by atoms with E-state index in [1.54, 1.807) is 11.8 Å². The molecule has 1 N–H and O–H groups in total. The largest absolute Gasteiger partial charge is 0.355 e. The summed E-state index contributed by atoms with van der Waals surface area (Å²) in [5.74, 6) is 0.0579. The summed E-state index contributed by atoms with van der Waals surface area (Å²) < 4.78 is 0. The van der Waals surface area contributed by atoms with Crippen molar-refractivity contribution in [1.82, 2.24) is 5.32 Å². The number of nitrogens with one attached hydrogen (secondary N) is 1. The summed E-state index contributed by atoms with van der Waals surface area (Å²) in [6.45, 7) is 2.59. The summed E-state index contributed by atoms with van der Waals surface area (Å²) in [4.78, 5) is 13.3. The quantitative estimate of drug-likeness (QED) is 0.841. The Morgan fingerprint density at radius 3 is 2.21 bits per heavy atom. The van der Waals surface area contributed by atoms with Crippen molar-refractivity contribution in [3.63, 3.8) is 0 Å². The Hall–Kier alpha value is -1.74. The third kappa shape index (κ3) is 3.86. The zero-order chi connectivity index (χ0) is 13.5. The molecule has 2 nitrogen and oxygen atoms in total. The zero-order valence-electron chi connectivity index (χ0n) is 10.9. The molecule has 2 aromatic carbocycles. The van der Waals surface area contributed by atoms with Crippen LogP contribution in [0.25, 0.3) is 0 Å². The minimum absolute atomic E-state index is 0.0579. The maximum Gasteiger partial charge on any atom is 0.237 e. The number of thioether (sulfide) groups is 1. The summed E-state index contributed by atoms with van der Waals surface area (Å²) in [6, 6.07) is 19.9. The highest BCUT2D eigenvalue weighted by Gasteiger charge is 2.20. The van der Waals surface area contributed by atoms with Crippen LogP contribution in [0.2, 0.25) is 0 Å². The van der Waals surface area contributed by atoms with Crippen LogP contribution in [-0.4, -0.2) is 12.5 Å². The number of benzene rings is 2. The summed E-state index contributed by atoms with van der Waals surface area (Å²) in [6.07, 6.45) is 0. The molecule has 0 aliphatic rings. The highest BCUT2D eigenvalue weighted by atomic mass is 32.2. The minimum atomic E-state index is -0.205. The van der Waals surface area contributed by atoms with Crippen LogP contribution in [0.1, 0.15) is 17.7 Å². The van der Waals surface area contributed by atoms with Crippen LogP contribution in [0, 0.1) is 0 Å². The van der Waals surface area contributed by atoms with Crippen LogP contribution in [0.15, 0.2) is 65.6 Å². The van der Waals surface area contributed by atoms with Gasteiger partial charge in [0.2, 0.25) is 5.91 Å². The molecule has 0 saturated carbocycles. The average Bonchev–Trinajstić information content (AvgIpc) is 2.47. The maximum absolute atomic E-state index is 12.2. The van der Waals surface area contributed by atoms with Crippen LogP contribution in [0.5, 0.6) is 0 Å². The first-order chi connectivity index (χ1) is 9.31. The highest BCUT2D eigenvalue weighted by molar-refractivity contribution is 8.00. The molecule has 2 rings (SSSR count). The van der Waals surface area contributed by atoms with Crippen molar-refractivity contribution >= 4 is 17.7 Å². The fourth-order valence-electron chi connectivity index (χ4n) is 1.80. The number of hydrogen-bond acceptors (Lipinski definition) is 2. The molecule has 19 heavy (non-hydrogen) atoms. The Morgan fingerprint density at radius 1 is 1.05 bits per heavy atom. The number of carbonyl (C=O) groups is 1. The normalized spacial score (nSPS) is 11.8. The Labute approximate surface area is 118 Å². The molecule has 0 aliphatic heterocycles. The van der Waals surface area contributed by atoms with E-state index in [2.05, 4.69) is 5.32 Å². The molecule has 0 bridgehead atoms. The van der Waals surface area contributed by atoms with Gasteiger partial charge in [0.05, 0.1) is 0 Å². The number of likely N-dealkylation sites (N-methyl/N-ethyl adjacent to an activating group) is 1. The van der Waals surface area contributed by atoms with E-state index < -0.39 is 0 Å². The first-order valence-electron chi connectivity index (χ1n) is 6.35. The number of amides is 1. The molecule has 0 radical (unpaired) electrons. The minimum Gasteiger partial charge on any atom is -0.355 e. The van der Waals surface area contributed by atoms with Gasteiger partial charge >= 0.3 is 0 Å². The molecule has 0 heterocycles. The van der Waals surface area contributed by atoms with Gasteiger partial charge in [-0.05, 0) is 24.6 Å². The molecule has 0 saturated heterocycles. The van der Waals surface area contributed by atoms with Gasteiger partial charge in [0.1, 0.15) is 5.25 Å². The van der Waals surface area contributed by atoms with Crippen LogP contribution < -0.4 is 5.32 Å². The Bertz CT molecular complexity index is 513. The molecular formula is C16H17NOS. The van der Waals surface area contributed by atoms with Crippen molar-refractivity contribution in [2.24, 2.45) is 0 Å². The standard InChI is InChI=1S/C16H17NOS/c1-2-17-16(18)15(13-9-5-3-6-10-13)19-14-11-7-4-8-12-14/h3-12,15H,2H2,1H3,(H,17,18).